The lowest BCUT2D eigenvalue weighted by Crippen LogP contribution is -2.41. The Balaban J connectivity index is 1.90. The van der Waals surface area contributed by atoms with Crippen molar-refractivity contribution in [2.45, 2.75) is 45.3 Å². The Kier molecular flexibility index (Phi) is 2.56. The van der Waals surface area contributed by atoms with Crippen LogP contribution in [-0.4, -0.2) is 24.2 Å². The first-order chi connectivity index (χ1) is 8.78. The fourth-order valence-electron chi connectivity index (χ4n) is 2.36. The standard InChI is InChI=1S/C14H18BNO3/c1-13(2)14(3,4)19-15(18-13)10-6-5-9-7-12(17)16-11(9)8-10/h5-6,8H,7H2,1-4H3,(H,16,17). The monoisotopic (exact) mass is 259 g/mol. The van der Waals surface area contributed by atoms with Crippen molar-refractivity contribution >= 4 is 24.2 Å². The van der Waals surface area contributed by atoms with E-state index in [0.29, 0.717) is 6.42 Å². The fraction of sp³-hybridized carbons (Fsp3) is 0.500. The summed E-state index contributed by atoms with van der Waals surface area (Å²) in [5.41, 5.74) is 2.15. The lowest BCUT2D eigenvalue weighted by molar-refractivity contribution is -0.115. The molecule has 5 heteroatoms. The lowest BCUT2D eigenvalue weighted by Gasteiger charge is -2.32. The number of amides is 1. The Morgan fingerprint density at radius 2 is 1.79 bits per heavy atom. The van der Waals surface area contributed by atoms with Crippen LogP contribution in [0.15, 0.2) is 18.2 Å². The van der Waals surface area contributed by atoms with Gasteiger partial charge in [0.1, 0.15) is 0 Å². The first-order valence-corrected chi connectivity index (χ1v) is 6.57. The second-order valence-electron chi connectivity index (χ2n) is 6.23. The maximum Gasteiger partial charge on any atom is 0.494 e. The molecule has 1 amide bonds. The number of hydrogen-bond acceptors (Lipinski definition) is 3. The smallest absolute Gasteiger partial charge is 0.399 e. The Bertz CT molecular complexity index is 538. The van der Waals surface area contributed by atoms with E-state index in [2.05, 4.69) is 5.32 Å². The molecular formula is C14H18BNO3. The summed E-state index contributed by atoms with van der Waals surface area (Å²) in [7, 11) is -0.382. The molecule has 2 heterocycles. The Labute approximate surface area is 113 Å². The van der Waals surface area contributed by atoms with Crippen LogP contribution in [0.5, 0.6) is 0 Å². The normalized spacial score (nSPS) is 23.4. The Morgan fingerprint density at radius 3 is 2.42 bits per heavy atom. The molecule has 0 saturated carbocycles. The number of benzene rings is 1. The molecule has 1 N–H and O–H groups in total. The van der Waals surface area contributed by atoms with Gasteiger partial charge in [-0.1, -0.05) is 12.1 Å². The maximum atomic E-state index is 11.4. The summed E-state index contributed by atoms with van der Waals surface area (Å²) in [5, 5.41) is 2.85. The molecule has 0 aromatic heterocycles. The van der Waals surface area contributed by atoms with E-state index in [9.17, 15) is 4.79 Å². The zero-order valence-corrected chi connectivity index (χ0v) is 11.7. The molecule has 3 rings (SSSR count). The van der Waals surface area contributed by atoms with Crippen LogP contribution >= 0.6 is 0 Å². The number of carbonyl (C=O) groups is 1. The van der Waals surface area contributed by atoms with Crippen LogP contribution < -0.4 is 10.8 Å². The zero-order chi connectivity index (χ0) is 13.8. The van der Waals surface area contributed by atoms with Gasteiger partial charge in [0, 0.05) is 5.69 Å². The van der Waals surface area contributed by atoms with Crippen molar-refractivity contribution in [2.24, 2.45) is 0 Å². The van der Waals surface area contributed by atoms with E-state index in [1.165, 1.54) is 0 Å². The molecule has 19 heavy (non-hydrogen) atoms. The van der Waals surface area contributed by atoms with E-state index < -0.39 is 0 Å². The van der Waals surface area contributed by atoms with Crippen LogP contribution in [0.1, 0.15) is 33.3 Å². The summed E-state index contributed by atoms with van der Waals surface area (Å²) in [6, 6.07) is 5.89. The molecule has 2 aliphatic heterocycles. The van der Waals surface area contributed by atoms with Gasteiger partial charge in [0.25, 0.3) is 0 Å². The van der Waals surface area contributed by atoms with Crippen molar-refractivity contribution in [2.75, 3.05) is 5.32 Å². The van der Waals surface area contributed by atoms with Crippen molar-refractivity contribution < 1.29 is 14.1 Å². The molecule has 0 radical (unpaired) electrons. The molecule has 0 spiro atoms. The van der Waals surface area contributed by atoms with Crippen LogP contribution in [0.4, 0.5) is 5.69 Å². The number of fused-ring (bicyclic) bond motifs is 1. The van der Waals surface area contributed by atoms with Crippen LogP contribution in [0.3, 0.4) is 0 Å². The van der Waals surface area contributed by atoms with Gasteiger partial charge in [-0.2, -0.15) is 0 Å². The van der Waals surface area contributed by atoms with Crippen LogP contribution in [0, 0.1) is 0 Å². The van der Waals surface area contributed by atoms with Crippen molar-refractivity contribution in [3.8, 4) is 0 Å². The minimum Gasteiger partial charge on any atom is -0.399 e. The third kappa shape index (κ3) is 1.97. The second-order valence-corrected chi connectivity index (χ2v) is 6.23. The number of carbonyl (C=O) groups excluding carboxylic acids is 1. The van der Waals surface area contributed by atoms with Crippen LogP contribution in [0.2, 0.25) is 0 Å². The molecule has 100 valence electrons. The Hall–Kier alpha value is -1.33. The van der Waals surface area contributed by atoms with Gasteiger partial charge in [-0.3, -0.25) is 4.79 Å². The predicted octanol–water partition coefficient (Wildman–Crippen LogP) is 1.48. The van der Waals surface area contributed by atoms with E-state index in [1.807, 2.05) is 45.9 Å². The number of hydrogen-bond donors (Lipinski definition) is 1. The minimum absolute atomic E-state index is 0.0427. The third-order valence-corrected chi connectivity index (χ3v) is 4.28. The highest BCUT2D eigenvalue weighted by molar-refractivity contribution is 6.62. The number of anilines is 1. The van der Waals surface area contributed by atoms with Crippen LogP contribution in [0.25, 0.3) is 0 Å². The maximum absolute atomic E-state index is 11.4. The fourth-order valence-corrected chi connectivity index (χ4v) is 2.36. The van der Waals surface area contributed by atoms with E-state index >= 15 is 0 Å². The molecular weight excluding hydrogens is 241 g/mol. The SMILES string of the molecule is CC1(C)OB(c2ccc3c(c2)NC(=O)C3)OC1(C)C. The van der Waals surface area contributed by atoms with Crippen molar-refractivity contribution in [3.05, 3.63) is 23.8 Å². The molecule has 0 atom stereocenters. The van der Waals surface area contributed by atoms with Gasteiger partial charge in [0.2, 0.25) is 5.91 Å². The summed E-state index contributed by atoms with van der Waals surface area (Å²) >= 11 is 0. The van der Waals surface area contributed by atoms with Gasteiger partial charge in [-0.15, -0.1) is 0 Å². The summed E-state index contributed by atoms with van der Waals surface area (Å²) in [6.07, 6.45) is 0.457. The van der Waals surface area contributed by atoms with Crippen molar-refractivity contribution in [1.29, 1.82) is 0 Å². The molecule has 1 aromatic rings. The van der Waals surface area contributed by atoms with Gasteiger partial charge < -0.3 is 14.6 Å². The molecule has 1 aromatic carbocycles. The largest absolute Gasteiger partial charge is 0.494 e. The van der Waals surface area contributed by atoms with E-state index in [4.69, 9.17) is 9.31 Å². The topological polar surface area (TPSA) is 47.6 Å². The molecule has 1 fully saturated rings. The first-order valence-electron chi connectivity index (χ1n) is 6.57. The highest BCUT2D eigenvalue weighted by atomic mass is 16.7. The number of rotatable bonds is 1. The summed E-state index contributed by atoms with van der Waals surface area (Å²) in [6.45, 7) is 8.12. The van der Waals surface area contributed by atoms with E-state index in [1.54, 1.807) is 0 Å². The zero-order valence-electron chi connectivity index (χ0n) is 11.7. The van der Waals surface area contributed by atoms with Gasteiger partial charge in [0.15, 0.2) is 0 Å². The van der Waals surface area contributed by atoms with Crippen molar-refractivity contribution in [3.63, 3.8) is 0 Å². The second kappa shape index (κ2) is 3.84. The summed E-state index contributed by atoms with van der Waals surface area (Å²) < 4.78 is 12.0. The molecule has 0 aliphatic carbocycles. The van der Waals surface area contributed by atoms with Crippen molar-refractivity contribution in [1.82, 2.24) is 0 Å². The highest BCUT2D eigenvalue weighted by Gasteiger charge is 2.51. The molecule has 1 saturated heterocycles. The van der Waals surface area contributed by atoms with Gasteiger partial charge in [0.05, 0.1) is 17.6 Å². The summed E-state index contributed by atoms with van der Waals surface area (Å²) in [5.74, 6) is 0.0427. The molecule has 4 nitrogen and oxygen atoms in total. The minimum atomic E-state index is -0.382. The highest BCUT2D eigenvalue weighted by Crippen LogP contribution is 2.36. The van der Waals surface area contributed by atoms with E-state index in [-0.39, 0.29) is 24.2 Å². The molecule has 2 aliphatic rings. The first kappa shape index (κ1) is 12.7. The van der Waals surface area contributed by atoms with Gasteiger partial charge in [-0.05, 0) is 44.8 Å². The van der Waals surface area contributed by atoms with Crippen LogP contribution in [-0.2, 0) is 20.5 Å². The van der Waals surface area contributed by atoms with Gasteiger partial charge in [-0.25, -0.2) is 0 Å². The number of nitrogens with one attached hydrogen (secondary N) is 1. The van der Waals surface area contributed by atoms with Gasteiger partial charge >= 0.3 is 7.12 Å². The molecule has 0 bridgehead atoms. The third-order valence-electron chi connectivity index (χ3n) is 4.28. The van der Waals surface area contributed by atoms with E-state index in [0.717, 1.165) is 16.7 Å². The molecule has 0 unspecified atom stereocenters. The predicted molar refractivity (Wildman–Crippen MR) is 74.5 cm³/mol. The Morgan fingerprint density at radius 1 is 1.16 bits per heavy atom. The lowest BCUT2D eigenvalue weighted by atomic mass is 9.78. The average molecular weight is 259 g/mol. The quantitative estimate of drug-likeness (QED) is 0.777. The average Bonchev–Trinajstić information content (AvgIpc) is 2.74. The summed E-state index contributed by atoms with van der Waals surface area (Å²) in [4.78, 5) is 11.4.